The number of hydrogen-bond donors (Lipinski definition) is 1. The highest BCUT2D eigenvalue weighted by molar-refractivity contribution is 5.57. The van der Waals surface area contributed by atoms with E-state index in [0.29, 0.717) is 11.6 Å². The first-order chi connectivity index (χ1) is 8.42. The summed E-state index contributed by atoms with van der Waals surface area (Å²) in [6.45, 7) is 11.1. The van der Waals surface area contributed by atoms with E-state index in [0.717, 1.165) is 24.2 Å². The lowest BCUT2D eigenvalue weighted by Crippen LogP contribution is -2.33. The Bertz CT molecular complexity index is 402. The highest BCUT2D eigenvalue weighted by Crippen LogP contribution is 2.30. The van der Waals surface area contributed by atoms with Crippen LogP contribution in [0.25, 0.3) is 0 Å². The van der Waals surface area contributed by atoms with Crippen LogP contribution in [0.15, 0.2) is 12.1 Å². The van der Waals surface area contributed by atoms with Crippen LogP contribution in [0.2, 0.25) is 0 Å². The lowest BCUT2D eigenvalue weighted by atomic mass is 10.0. The van der Waals surface area contributed by atoms with Crippen LogP contribution in [0, 0.1) is 12.7 Å². The van der Waals surface area contributed by atoms with Gasteiger partial charge < -0.3 is 10.6 Å². The molecule has 1 aromatic carbocycles. The summed E-state index contributed by atoms with van der Waals surface area (Å²) in [5.74, 6) is -0.175. The third-order valence-corrected chi connectivity index (χ3v) is 3.57. The Hall–Kier alpha value is -1.09. The second-order valence-corrected chi connectivity index (χ2v) is 4.99. The van der Waals surface area contributed by atoms with Gasteiger partial charge in [0.2, 0.25) is 0 Å². The first-order valence-corrected chi connectivity index (χ1v) is 6.74. The van der Waals surface area contributed by atoms with Crippen molar-refractivity contribution in [3.8, 4) is 0 Å². The minimum atomic E-state index is -0.175. The Balaban J connectivity index is 3.31. The molecule has 2 nitrogen and oxygen atoms in total. The molecular formula is C15H25FN2. The highest BCUT2D eigenvalue weighted by Gasteiger charge is 2.18. The number of rotatable bonds is 5. The fourth-order valence-electron chi connectivity index (χ4n) is 2.23. The van der Waals surface area contributed by atoms with Crippen LogP contribution in [-0.2, 0) is 0 Å². The molecule has 0 amide bonds. The zero-order valence-electron chi connectivity index (χ0n) is 12.1. The average molecular weight is 252 g/mol. The van der Waals surface area contributed by atoms with Gasteiger partial charge in [0, 0.05) is 24.3 Å². The highest BCUT2D eigenvalue weighted by atomic mass is 19.1. The summed E-state index contributed by atoms with van der Waals surface area (Å²) >= 11 is 0. The lowest BCUT2D eigenvalue weighted by molar-refractivity contribution is 0.602. The molecule has 0 aromatic heterocycles. The van der Waals surface area contributed by atoms with Crippen LogP contribution in [-0.4, -0.2) is 12.6 Å². The number of halogens is 1. The molecule has 0 saturated heterocycles. The van der Waals surface area contributed by atoms with E-state index in [1.807, 2.05) is 13.0 Å². The van der Waals surface area contributed by atoms with Gasteiger partial charge in [-0.3, -0.25) is 0 Å². The minimum absolute atomic E-state index is 0.159. The molecule has 2 atom stereocenters. The van der Waals surface area contributed by atoms with Crippen molar-refractivity contribution in [1.29, 1.82) is 0 Å². The molecular weight excluding hydrogens is 227 g/mol. The third-order valence-electron chi connectivity index (χ3n) is 3.57. The molecule has 0 aliphatic carbocycles. The van der Waals surface area contributed by atoms with Gasteiger partial charge in [0.25, 0.3) is 0 Å². The first kappa shape index (κ1) is 15.0. The topological polar surface area (TPSA) is 29.3 Å². The third kappa shape index (κ3) is 3.02. The van der Waals surface area contributed by atoms with Crippen LogP contribution in [0.1, 0.15) is 51.3 Å². The van der Waals surface area contributed by atoms with Gasteiger partial charge in [-0.15, -0.1) is 0 Å². The number of hydrogen-bond acceptors (Lipinski definition) is 2. The van der Waals surface area contributed by atoms with Crippen molar-refractivity contribution >= 4 is 5.69 Å². The molecule has 0 bridgehead atoms. The summed E-state index contributed by atoms with van der Waals surface area (Å²) in [6.07, 6.45) is 1.06. The minimum Gasteiger partial charge on any atom is -0.369 e. The lowest BCUT2D eigenvalue weighted by Gasteiger charge is -2.32. The molecule has 1 unspecified atom stereocenters. The number of benzene rings is 1. The first-order valence-electron chi connectivity index (χ1n) is 6.74. The fraction of sp³-hybridized carbons (Fsp3) is 0.600. The zero-order chi connectivity index (χ0) is 13.9. The molecule has 0 fully saturated rings. The van der Waals surface area contributed by atoms with E-state index in [1.54, 1.807) is 13.0 Å². The van der Waals surface area contributed by atoms with E-state index in [4.69, 9.17) is 5.73 Å². The van der Waals surface area contributed by atoms with Crippen molar-refractivity contribution in [1.82, 2.24) is 0 Å². The van der Waals surface area contributed by atoms with Gasteiger partial charge in [0.15, 0.2) is 0 Å². The molecule has 0 radical (unpaired) electrons. The Kier molecular flexibility index (Phi) is 5.15. The molecule has 0 aliphatic heterocycles. The molecule has 0 saturated carbocycles. The zero-order valence-corrected chi connectivity index (χ0v) is 12.1. The fourth-order valence-corrected chi connectivity index (χ4v) is 2.23. The SMILES string of the molecule is CCC(C)N(CC)c1cc(C)c(F)cc1[C@H](C)N. The molecule has 18 heavy (non-hydrogen) atoms. The number of nitrogens with zero attached hydrogens (tertiary/aromatic N) is 1. The predicted octanol–water partition coefficient (Wildman–Crippen LogP) is 3.78. The monoisotopic (exact) mass is 252 g/mol. The maximum Gasteiger partial charge on any atom is 0.126 e. The summed E-state index contributed by atoms with van der Waals surface area (Å²) in [4.78, 5) is 2.30. The number of anilines is 1. The van der Waals surface area contributed by atoms with Crippen LogP contribution >= 0.6 is 0 Å². The van der Waals surface area contributed by atoms with E-state index in [1.165, 1.54) is 0 Å². The van der Waals surface area contributed by atoms with Crippen LogP contribution in [0.4, 0.5) is 10.1 Å². The van der Waals surface area contributed by atoms with Gasteiger partial charge in [0.1, 0.15) is 5.82 Å². The largest absolute Gasteiger partial charge is 0.369 e. The molecule has 2 N–H and O–H groups in total. The van der Waals surface area contributed by atoms with Crippen molar-refractivity contribution in [3.05, 3.63) is 29.1 Å². The summed E-state index contributed by atoms with van der Waals surface area (Å²) in [5.41, 5.74) is 8.61. The van der Waals surface area contributed by atoms with Gasteiger partial charge in [-0.2, -0.15) is 0 Å². The number of aryl methyl sites for hydroxylation is 1. The van der Waals surface area contributed by atoms with Gasteiger partial charge in [-0.05, 0) is 57.4 Å². The van der Waals surface area contributed by atoms with E-state index < -0.39 is 0 Å². The Labute approximate surface area is 110 Å². The van der Waals surface area contributed by atoms with Crippen LogP contribution < -0.4 is 10.6 Å². The van der Waals surface area contributed by atoms with Crippen molar-refractivity contribution in [2.24, 2.45) is 5.73 Å². The van der Waals surface area contributed by atoms with Gasteiger partial charge in [-0.1, -0.05) is 6.92 Å². The summed E-state index contributed by atoms with van der Waals surface area (Å²) in [6, 6.07) is 3.77. The van der Waals surface area contributed by atoms with Crippen molar-refractivity contribution in [2.75, 3.05) is 11.4 Å². The van der Waals surface area contributed by atoms with Gasteiger partial charge >= 0.3 is 0 Å². The predicted molar refractivity (Wildman–Crippen MR) is 76.5 cm³/mol. The molecule has 0 spiro atoms. The molecule has 0 heterocycles. The standard InChI is InChI=1S/C15H25FN2/c1-6-11(4)18(7-2)15-8-10(3)14(16)9-13(15)12(5)17/h8-9,11-12H,6-7,17H2,1-5H3/t11?,12-/m0/s1. The smallest absolute Gasteiger partial charge is 0.126 e. The number of nitrogens with two attached hydrogens (primary N) is 1. The van der Waals surface area contributed by atoms with Crippen molar-refractivity contribution < 1.29 is 4.39 Å². The molecule has 0 aliphatic rings. The maximum absolute atomic E-state index is 13.7. The van der Waals surface area contributed by atoms with E-state index >= 15 is 0 Å². The second-order valence-electron chi connectivity index (χ2n) is 4.99. The molecule has 3 heteroatoms. The van der Waals surface area contributed by atoms with E-state index in [-0.39, 0.29) is 11.9 Å². The molecule has 102 valence electrons. The molecule has 1 rings (SSSR count). The van der Waals surface area contributed by atoms with Crippen LogP contribution in [0.5, 0.6) is 0 Å². The molecule has 1 aromatic rings. The normalized spacial score (nSPS) is 14.4. The van der Waals surface area contributed by atoms with E-state index in [2.05, 4.69) is 25.7 Å². The van der Waals surface area contributed by atoms with Gasteiger partial charge in [0.05, 0.1) is 0 Å². The quantitative estimate of drug-likeness (QED) is 0.864. The Morgan fingerprint density at radius 1 is 1.28 bits per heavy atom. The summed E-state index contributed by atoms with van der Waals surface area (Å²) < 4.78 is 13.7. The van der Waals surface area contributed by atoms with Crippen molar-refractivity contribution in [3.63, 3.8) is 0 Å². The van der Waals surface area contributed by atoms with Crippen molar-refractivity contribution in [2.45, 2.75) is 53.1 Å². The Morgan fingerprint density at radius 2 is 1.89 bits per heavy atom. The van der Waals surface area contributed by atoms with Gasteiger partial charge in [-0.25, -0.2) is 4.39 Å². The average Bonchev–Trinajstić information content (AvgIpc) is 2.33. The van der Waals surface area contributed by atoms with E-state index in [9.17, 15) is 4.39 Å². The second kappa shape index (κ2) is 6.19. The Morgan fingerprint density at radius 3 is 2.33 bits per heavy atom. The summed E-state index contributed by atoms with van der Waals surface area (Å²) in [5, 5.41) is 0. The van der Waals surface area contributed by atoms with Crippen LogP contribution in [0.3, 0.4) is 0 Å². The summed E-state index contributed by atoms with van der Waals surface area (Å²) in [7, 11) is 0. The maximum atomic E-state index is 13.7.